The van der Waals surface area contributed by atoms with E-state index < -0.39 is 14.0 Å². The summed E-state index contributed by atoms with van der Waals surface area (Å²) in [6.07, 6.45) is 2.02. The molecular formula is C11H8ClNO4S. The summed E-state index contributed by atoms with van der Waals surface area (Å²) in [5.41, 5.74) is -0.138. The normalized spacial score (nSPS) is 14.7. The molecule has 0 saturated heterocycles. The lowest BCUT2D eigenvalue weighted by molar-refractivity contribution is -0.385. The summed E-state index contributed by atoms with van der Waals surface area (Å²) < 4.78 is 22.2. The fraction of sp³-hybridized carbons (Fsp3) is 0.273. The number of halogens is 1. The first-order valence-corrected chi connectivity index (χ1v) is 7.43. The van der Waals surface area contributed by atoms with Crippen molar-refractivity contribution in [2.45, 2.75) is 17.7 Å². The molecule has 1 aliphatic rings. The molecule has 0 N–H and O–H groups in total. The summed E-state index contributed by atoms with van der Waals surface area (Å²) in [6.45, 7) is 0. The third kappa shape index (κ3) is 3.00. The smallest absolute Gasteiger partial charge is 0.258 e. The number of benzene rings is 1. The lowest BCUT2D eigenvalue weighted by Crippen LogP contribution is -1.97. The van der Waals surface area contributed by atoms with Gasteiger partial charge in [-0.3, -0.25) is 10.1 Å². The molecule has 0 spiro atoms. The number of hydrogen-bond donors (Lipinski definition) is 0. The molecule has 5 nitrogen and oxygen atoms in total. The van der Waals surface area contributed by atoms with Crippen LogP contribution in [0.3, 0.4) is 0 Å². The van der Waals surface area contributed by atoms with Crippen LogP contribution in [0.15, 0.2) is 23.1 Å². The molecule has 1 aliphatic carbocycles. The predicted molar refractivity (Wildman–Crippen MR) is 65.7 cm³/mol. The first-order valence-electron chi connectivity index (χ1n) is 5.12. The van der Waals surface area contributed by atoms with Gasteiger partial charge < -0.3 is 0 Å². The zero-order valence-corrected chi connectivity index (χ0v) is 10.7. The van der Waals surface area contributed by atoms with E-state index in [1.807, 2.05) is 0 Å². The molecule has 1 aromatic rings. The van der Waals surface area contributed by atoms with Crippen LogP contribution in [0, 0.1) is 27.9 Å². The van der Waals surface area contributed by atoms with Crippen LogP contribution < -0.4 is 0 Å². The second-order valence-electron chi connectivity index (χ2n) is 3.92. The van der Waals surface area contributed by atoms with Crippen LogP contribution >= 0.6 is 10.7 Å². The van der Waals surface area contributed by atoms with Gasteiger partial charge in [0, 0.05) is 22.7 Å². The Morgan fingerprint density at radius 1 is 1.39 bits per heavy atom. The van der Waals surface area contributed by atoms with Crippen LogP contribution in [0.1, 0.15) is 18.4 Å². The van der Waals surface area contributed by atoms with Crippen molar-refractivity contribution in [3.63, 3.8) is 0 Å². The second kappa shape index (κ2) is 4.59. The van der Waals surface area contributed by atoms with Gasteiger partial charge in [-0.1, -0.05) is 11.8 Å². The lowest BCUT2D eigenvalue weighted by atomic mass is 10.2. The molecule has 1 aromatic carbocycles. The summed E-state index contributed by atoms with van der Waals surface area (Å²) in [4.78, 5) is 9.90. The van der Waals surface area contributed by atoms with Crippen molar-refractivity contribution >= 4 is 25.4 Å². The van der Waals surface area contributed by atoms with Gasteiger partial charge in [-0.15, -0.1) is 0 Å². The lowest BCUT2D eigenvalue weighted by Gasteiger charge is -1.98. The Morgan fingerprint density at radius 3 is 2.56 bits per heavy atom. The molecule has 18 heavy (non-hydrogen) atoms. The van der Waals surface area contributed by atoms with E-state index in [1.54, 1.807) is 0 Å². The van der Waals surface area contributed by atoms with E-state index in [9.17, 15) is 18.5 Å². The fourth-order valence-electron chi connectivity index (χ4n) is 1.33. The van der Waals surface area contributed by atoms with E-state index in [2.05, 4.69) is 11.8 Å². The summed E-state index contributed by atoms with van der Waals surface area (Å²) >= 11 is 0. The van der Waals surface area contributed by atoms with Gasteiger partial charge in [-0.2, -0.15) is 0 Å². The van der Waals surface area contributed by atoms with Crippen LogP contribution in [-0.2, 0) is 9.05 Å². The van der Waals surface area contributed by atoms with Crippen molar-refractivity contribution in [1.82, 2.24) is 0 Å². The Morgan fingerprint density at radius 2 is 2.06 bits per heavy atom. The molecule has 2 rings (SSSR count). The Balaban J connectivity index is 2.48. The molecule has 0 atom stereocenters. The minimum Gasteiger partial charge on any atom is -0.258 e. The maximum absolute atomic E-state index is 11.1. The molecular weight excluding hydrogens is 278 g/mol. The minimum absolute atomic E-state index is 0.205. The topological polar surface area (TPSA) is 77.3 Å². The van der Waals surface area contributed by atoms with Crippen LogP contribution in [0.5, 0.6) is 0 Å². The van der Waals surface area contributed by atoms with E-state index in [1.165, 1.54) is 12.1 Å². The van der Waals surface area contributed by atoms with Crippen molar-refractivity contribution in [2.24, 2.45) is 5.92 Å². The molecule has 1 fully saturated rings. The van der Waals surface area contributed by atoms with Crippen LogP contribution in [0.2, 0.25) is 0 Å². The molecule has 1 saturated carbocycles. The number of nitro groups is 1. The van der Waals surface area contributed by atoms with Crippen LogP contribution in [0.25, 0.3) is 0 Å². The van der Waals surface area contributed by atoms with Gasteiger partial charge >= 0.3 is 0 Å². The molecule has 0 radical (unpaired) electrons. The molecule has 0 aliphatic heterocycles. The van der Waals surface area contributed by atoms with Crippen molar-refractivity contribution in [1.29, 1.82) is 0 Å². The van der Waals surface area contributed by atoms with Crippen molar-refractivity contribution in [2.75, 3.05) is 0 Å². The van der Waals surface area contributed by atoms with Gasteiger partial charge in [0.15, 0.2) is 0 Å². The van der Waals surface area contributed by atoms with E-state index in [0.717, 1.165) is 18.9 Å². The summed E-state index contributed by atoms with van der Waals surface area (Å²) in [6, 6.07) is 3.45. The van der Waals surface area contributed by atoms with E-state index in [0.29, 0.717) is 5.92 Å². The highest BCUT2D eigenvalue weighted by atomic mass is 35.7. The third-order valence-corrected chi connectivity index (χ3v) is 3.79. The molecule has 0 unspecified atom stereocenters. The fourth-order valence-corrected chi connectivity index (χ4v) is 2.10. The van der Waals surface area contributed by atoms with E-state index >= 15 is 0 Å². The van der Waals surface area contributed by atoms with Crippen molar-refractivity contribution in [3.05, 3.63) is 33.9 Å². The highest BCUT2D eigenvalue weighted by molar-refractivity contribution is 8.13. The summed E-state index contributed by atoms with van der Waals surface area (Å²) in [7, 11) is 1.16. The predicted octanol–water partition coefficient (Wildman–Crippen LogP) is 2.28. The Bertz CT molecular complexity index is 668. The molecule has 0 amide bonds. The SMILES string of the molecule is O=[N+]([O-])c1cc(S(=O)(=O)Cl)ccc1C#CC1CC1. The molecule has 0 heterocycles. The first kappa shape index (κ1) is 12.9. The number of nitro benzene ring substituents is 1. The van der Waals surface area contributed by atoms with Gasteiger partial charge in [-0.05, 0) is 25.0 Å². The Labute approximate surface area is 108 Å². The second-order valence-corrected chi connectivity index (χ2v) is 6.48. The molecule has 0 bridgehead atoms. The monoisotopic (exact) mass is 285 g/mol. The maximum Gasteiger partial charge on any atom is 0.286 e. The van der Waals surface area contributed by atoms with Gasteiger partial charge in [0.05, 0.1) is 9.82 Å². The zero-order chi connectivity index (χ0) is 13.3. The summed E-state index contributed by atoms with van der Waals surface area (Å²) in [5.74, 6) is 5.90. The minimum atomic E-state index is -3.97. The van der Waals surface area contributed by atoms with Crippen molar-refractivity contribution in [3.8, 4) is 11.8 Å². The first-order chi connectivity index (χ1) is 8.38. The van der Waals surface area contributed by atoms with Crippen LogP contribution in [-0.4, -0.2) is 13.3 Å². The number of rotatable bonds is 2. The van der Waals surface area contributed by atoms with E-state index in [-0.39, 0.29) is 16.1 Å². The zero-order valence-electron chi connectivity index (χ0n) is 9.09. The molecule has 94 valence electrons. The molecule has 0 aromatic heterocycles. The quantitative estimate of drug-likeness (QED) is 0.361. The third-order valence-electron chi connectivity index (χ3n) is 2.44. The van der Waals surface area contributed by atoms with Crippen molar-refractivity contribution < 1.29 is 13.3 Å². The van der Waals surface area contributed by atoms with Gasteiger partial charge in [0.1, 0.15) is 5.56 Å². The highest BCUT2D eigenvalue weighted by Gasteiger charge is 2.21. The average molecular weight is 286 g/mol. The standard InChI is InChI=1S/C11H8ClNO4S/c12-18(16,17)10-6-5-9(4-3-8-1-2-8)11(7-10)13(14)15/h5-8H,1-2H2. The number of hydrogen-bond acceptors (Lipinski definition) is 4. The highest BCUT2D eigenvalue weighted by Crippen LogP contribution is 2.29. The Kier molecular flexibility index (Phi) is 3.28. The van der Waals surface area contributed by atoms with E-state index in [4.69, 9.17) is 10.7 Å². The van der Waals surface area contributed by atoms with Crippen LogP contribution in [0.4, 0.5) is 5.69 Å². The van der Waals surface area contributed by atoms with Gasteiger partial charge in [0.2, 0.25) is 0 Å². The van der Waals surface area contributed by atoms with Gasteiger partial charge in [-0.25, -0.2) is 8.42 Å². The largest absolute Gasteiger partial charge is 0.286 e. The molecule has 7 heteroatoms. The Hall–Kier alpha value is -1.58. The number of nitrogens with zero attached hydrogens (tertiary/aromatic N) is 1. The van der Waals surface area contributed by atoms with Gasteiger partial charge in [0.25, 0.3) is 14.7 Å². The maximum atomic E-state index is 11.1. The summed E-state index contributed by atoms with van der Waals surface area (Å²) in [5, 5.41) is 10.9. The average Bonchev–Trinajstić information content (AvgIpc) is 3.08.